The Kier molecular flexibility index (Phi) is 10.3. The smallest absolute Gasteiger partial charge is 0.387 e. The molecule has 0 aliphatic carbocycles. The summed E-state index contributed by atoms with van der Waals surface area (Å²) in [5.41, 5.74) is 2.73. The molecule has 0 saturated carbocycles. The van der Waals surface area contributed by atoms with Crippen molar-refractivity contribution in [1.82, 2.24) is 10.6 Å². The van der Waals surface area contributed by atoms with Gasteiger partial charge in [0, 0.05) is 37.7 Å². The Morgan fingerprint density at radius 1 is 1.13 bits per heavy atom. The second kappa shape index (κ2) is 12.7. The zero-order valence-electron chi connectivity index (χ0n) is 17.6. The summed E-state index contributed by atoms with van der Waals surface area (Å²) in [6.45, 7) is 1.27. The molecule has 0 amide bonds. The van der Waals surface area contributed by atoms with Crippen LogP contribution in [-0.2, 0) is 17.8 Å². The van der Waals surface area contributed by atoms with Crippen molar-refractivity contribution in [2.75, 3.05) is 20.3 Å². The SMILES string of the molecule is CN=C(NCc1ccccc1OC(F)F)NCc1ccc(C)cc1OC1CCOC1.I. The minimum atomic E-state index is -2.87. The third kappa shape index (κ3) is 7.80. The molecule has 1 unspecified atom stereocenters. The number of aryl methyl sites for hydroxylation is 1. The zero-order chi connectivity index (χ0) is 21.3. The first kappa shape index (κ1) is 25.1. The Bertz CT molecular complexity index is 862. The van der Waals surface area contributed by atoms with E-state index in [0.717, 1.165) is 29.9 Å². The highest BCUT2D eigenvalue weighted by Crippen LogP contribution is 2.24. The summed E-state index contributed by atoms with van der Waals surface area (Å²) in [6.07, 6.45) is 0.943. The Morgan fingerprint density at radius 3 is 2.48 bits per heavy atom. The minimum Gasteiger partial charge on any atom is -0.488 e. The molecule has 0 aromatic heterocycles. The number of hydrogen-bond donors (Lipinski definition) is 2. The molecular formula is C22H28F2IN3O3. The number of aliphatic imine (C=N–C) groups is 1. The van der Waals surface area contributed by atoms with Gasteiger partial charge in [-0.25, -0.2) is 0 Å². The molecule has 6 nitrogen and oxygen atoms in total. The number of benzene rings is 2. The van der Waals surface area contributed by atoms with Crippen LogP contribution in [0.25, 0.3) is 0 Å². The lowest BCUT2D eigenvalue weighted by atomic mass is 10.1. The number of nitrogens with zero attached hydrogens (tertiary/aromatic N) is 1. The molecule has 170 valence electrons. The summed E-state index contributed by atoms with van der Waals surface area (Å²) in [6, 6.07) is 12.7. The fourth-order valence-corrected chi connectivity index (χ4v) is 3.14. The number of ether oxygens (including phenoxy) is 3. The first-order valence-corrected chi connectivity index (χ1v) is 9.86. The first-order valence-electron chi connectivity index (χ1n) is 9.86. The van der Waals surface area contributed by atoms with Crippen LogP contribution in [-0.4, -0.2) is 38.9 Å². The van der Waals surface area contributed by atoms with Crippen LogP contribution in [0.5, 0.6) is 11.5 Å². The highest BCUT2D eigenvalue weighted by Gasteiger charge is 2.19. The third-order valence-electron chi connectivity index (χ3n) is 4.71. The number of guanidine groups is 1. The molecule has 1 atom stereocenters. The summed E-state index contributed by atoms with van der Waals surface area (Å²) in [5, 5.41) is 6.37. The van der Waals surface area contributed by atoms with Gasteiger partial charge in [-0.2, -0.15) is 8.78 Å². The Balaban J connectivity index is 0.00000341. The number of hydrogen-bond acceptors (Lipinski definition) is 4. The number of rotatable bonds is 8. The van der Waals surface area contributed by atoms with Gasteiger partial charge in [-0.05, 0) is 24.6 Å². The molecule has 3 rings (SSSR count). The molecule has 31 heavy (non-hydrogen) atoms. The molecule has 9 heteroatoms. The van der Waals surface area contributed by atoms with Crippen molar-refractivity contribution in [2.24, 2.45) is 4.99 Å². The molecule has 1 saturated heterocycles. The van der Waals surface area contributed by atoms with Crippen LogP contribution in [0.15, 0.2) is 47.5 Å². The van der Waals surface area contributed by atoms with Crippen LogP contribution >= 0.6 is 24.0 Å². The van der Waals surface area contributed by atoms with E-state index in [9.17, 15) is 8.78 Å². The van der Waals surface area contributed by atoms with Crippen molar-refractivity contribution in [3.8, 4) is 11.5 Å². The van der Waals surface area contributed by atoms with Gasteiger partial charge in [-0.3, -0.25) is 4.99 Å². The number of para-hydroxylation sites is 1. The van der Waals surface area contributed by atoms with Gasteiger partial charge in [0.25, 0.3) is 0 Å². The quantitative estimate of drug-likeness (QED) is 0.294. The maximum atomic E-state index is 12.6. The third-order valence-corrected chi connectivity index (χ3v) is 4.71. The van der Waals surface area contributed by atoms with E-state index in [1.165, 1.54) is 6.07 Å². The van der Waals surface area contributed by atoms with Gasteiger partial charge >= 0.3 is 6.61 Å². The van der Waals surface area contributed by atoms with E-state index in [4.69, 9.17) is 9.47 Å². The monoisotopic (exact) mass is 547 g/mol. The maximum Gasteiger partial charge on any atom is 0.387 e. The molecule has 0 spiro atoms. The molecule has 1 heterocycles. The predicted molar refractivity (Wildman–Crippen MR) is 127 cm³/mol. The lowest BCUT2D eigenvalue weighted by Gasteiger charge is -2.18. The molecule has 2 N–H and O–H groups in total. The molecule has 0 radical (unpaired) electrons. The van der Waals surface area contributed by atoms with E-state index < -0.39 is 6.61 Å². The van der Waals surface area contributed by atoms with E-state index in [-0.39, 0.29) is 35.8 Å². The predicted octanol–water partition coefficient (Wildman–Crippen LogP) is 4.25. The standard InChI is InChI=1S/C22H27F2N3O3.HI/c1-15-7-8-17(20(11-15)29-18-9-10-28-14-18)13-27-22(25-2)26-12-16-5-3-4-6-19(16)30-21(23)24;/h3-8,11,18,21H,9-10,12-14H2,1-2H3,(H2,25,26,27);1H. The lowest BCUT2D eigenvalue weighted by molar-refractivity contribution is -0.0504. The molecule has 1 fully saturated rings. The molecular weight excluding hydrogens is 519 g/mol. The second-order valence-corrected chi connectivity index (χ2v) is 6.98. The van der Waals surface area contributed by atoms with E-state index >= 15 is 0 Å². The maximum absolute atomic E-state index is 12.6. The molecule has 1 aliphatic rings. The average molecular weight is 547 g/mol. The summed E-state index contributed by atoms with van der Waals surface area (Å²) < 4.78 is 41.3. The van der Waals surface area contributed by atoms with Crippen LogP contribution in [0.1, 0.15) is 23.1 Å². The van der Waals surface area contributed by atoms with E-state index in [1.54, 1.807) is 25.2 Å². The molecule has 1 aliphatic heterocycles. The first-order chi connectivity index (χ1) is 14.5. The summed E-state index contributed by atoms with van der Waals surface area (Å²) in [5.74, 6) is 1.50. The number of alkyl halides is 2. The molecule has 2 aromatic carbocycles. The summed E-state index contributed by atoms with van der Waals surface area (Å²) in [7, 11) is 1.65. The Hall–Kier alpha value is -2.14. The van der Waals surface area contributed by atoms with Crippen molar-refractivity contribution in [3.05, 3.63) is 59.2 Å². The van der Waals surface area contributed by atoms with Crippen molar-refractivity contribution >= 4 is 29.9 Å². The van der Waals surface area contributed by atoms with Gasteiger partial charge in [0.05, 0.1) is 13.2 Å². The van der Waals surface area contributed by atoms with Crippen molar-refractivity contribution < 1.29 is 23.0 Å². The van der Waals surface area contributed by atoms with E-state index in [2.05, 4.69) is 20.4 Å². The normalized spacial score (nSPS) is 16.0. The fraction of sp³-hybridized carbons (Fsp3) is 0.409. The summed E-state index contributed by atoms with van der Waals surface area (Å²) in [4.78, 5) is 4.20. The number of nitrogens with one attached hydrogen (secondary N) is 2. The highest BCUT2D eigenvalue weighted by atomic mass is 127. The Morgan fingerprint density at radius 2 is 1.84 bits per heavy atom. The van der Waals surface area contributed by atoms with Crippen molar-refractivity contribution in [1.29, 1.82) is 0 Å². The molecule has 0 bridgehead atoms. The van der Waals surface area contributed by atoms with Gasteiger partial charge in [0.1, 0.15) is 17.6 Å². The van der Waals surface area contributed by atoms with Gasteiger partial charge in [0.15, 0.2) is 5.96 Å². The second-order valence-electron chi connectivity index (χ2n) is 6.98. The van der Waals surface area contributed by atoms with Crippen LogP contribution in [0, 0.1) is 6.92 Å². The minimum absolute atomic E-state index is 0. The van der Waals surface area contributed by atoms with Crippen LogP contribution in [0.4, 0.5) is 8.78 Å². The fourth-order valence-electron chi connectivity index (χ4n) is 3.14. The van der Waals surface area contributed by atoms with Crippen LogP contribution in [0.3, 0.4) is 0 Å². The zero-order valence-corrected chi connectivity index (χ0v) is 19.9. The summed E-state index contributed by atoms with van der Waals surface area (Å²) >= 11 is 0. The van der Waals surface area contributed by atoms with E-state index in [1.807, 2.05) is 25.1 Å². The van der Waals surface area contributed by atoms with Gasteiger partial charge in [-0.1, -0.05) is 30.3 Å². The average Bonchev–Trinajstić information content (AvgIpc) is 3.23. The van der Waals surface area contributed by atoms with Crippen LogP contribution in [0.2, 0.25) is 0 Å². The van der Waals surface area contributed by atoms with E-state index in [0.29, 0.717) is 31.2 Å². The highest BCUT2D eigenvalue weighted by molar-refractivity contribution is 14.0. The van der Waals surface area contributed by atoms with Crippen molar-refractivity contribution in [3.63, 3.8) is 0 Å². The van der Waals surface area contributed by atoms with Gasteiger partial charge in [0.2, 0.25) is 0 Å². The topological polar surface area (TPSA) is 64.1 Å². The molecule has 2 aromatic rings. The lowest BCUT2D eigenvalue weighted by Crippen LogP contribution is -2.36. The van der Waals surface area contributed by atoms with Crippen LogP contribution < -0.4 is 20.1 Å². The largest absolute Gasteiger partial charge is 0.488 e. The number of halogens is 3. The van der Waals surface area contributed by atoms with Gasteiger partial charge in [-0.15, -0.1) is 24.0 Å². The van der Waals surface area contributed by atoms with Crippen molar-refractivity contribution in [2.45, 2.75) is 39.1 Å². The Labute approximate surface area is 198 Å². The van der Waals surface area contributed by atoms with Gasteiger partial charge < -0.3 is 24.8 Å².